The van der Waals surface area contributed by atoms with Crippen LogP contribution in [0, 0.1) is 27.7 Å². The van der Waals surface area contributed by atoms with Gasteiger partial charge in [-0.3, -0.25) is 0 Å². The molecule has 1 N–H and O–H groups in total. The molecular formula is C14H18N2. The van der Waals surface area contributed by atoms with Gasteiger partial charge in [0, 0.05) is 18.8 Å². The van der Waals surface area contributed by atoms with Crippen molar-refractivity contribution in [2.24, 2.45) is 0 Å². The molecule has 1 heterocycles. The van der Waals surface area contributed by atoms with Crippen LogP contribution in [-0.4, -0.2) is 9.97 Å². The van der Waals surface area contributed by atoms with E-state index in [0.717, 1.165) is 12.2 Å². The zero-order valence-electron chi connectivity index (χ0n) is 10.4. The number of hydrogen-bond acceptors (Lipinski definition) is 1. The molecule has 0 radical (unpaired) electrons. The first-order valence-electron chi connectivity index (χ1n) is 5.64. The molecule has 0 saturated carbocycles. The summed E-state index contributed by atoms with van der Waals surface area (Å²) in [4.78, 5) is 7.47. The first-order chi connectivity index (χ1) is 7.59. The molecule has 0 fully saturated rings. The number of aromatic nitrogens is 2. The first kappa shape index (κ1) is 10.9. The third kappa shape index (κ3) is 1.87. The summed E-state index contributed by atoms with van der Waals surface area (Å²) >= 11 is 0. The topological polar surface area (TPSA) is 28.7 Å². The van der Waals surface area contributed by atoms with Gasteiger partial charge in [0.05, 0.1) is 0 Å². The number of benzene rings is 1. The molecule has 84 valence electrons. The highest BCUT2D eigenvalue weighted by molar-refractivity contribution is 5.45. The van der Waals surface area contributed by atoms with Crippen molar-refractivity contribution in [1.82, 2.24) is 9.97 Å². The predicted molar refractivity (Wildman–Crippen MR) is 66.8 cm³/mol. The lowest BCUT2D eigenvalue weighted by molar-refractivity contribution is 0.989. The number of nitrogens with one attached hydrogen (secondary N) is 1. The van der Waals surface area contributed by atoms with Gasteiger partial charge in [0.25, 0.3) is 0 Å². The number of aryl methyl sites for hydroxylation is 2. The van der Waals surface area contributed by atoms with E-state index in [1.165, 1.54) is 27.8 Å². The number of nitrogens with zero attached hydrogens (tertiary/aromatic N) is 1. The molecule has 0 unspecified atom stereocenters. The van der Waals surface area contributed by atoms with Crippen LogP contribution in [0.5, 0.6) is 0 Å². The quantitative estimate of drug-likeness (QED) is 0.817. The molecule has 1 aromatic carbocycles. The zero-order valence-corrected chi connectivity index (χ0v) is 10.4. The van der Waals surface area contributed by atoms with E-state index in [1.54, 1.807) is 0 Å². The maximum Gasteiger partial charge on any atom is 0.110 e. The third-order valence-electron chi connectivity index (χ3n) is 3.42. The summed E-state index contributed by atoms with van der Waals surface area (Å²) in [5.74, 6) is 1.04. The second kappa shape index (κ2) is 4.12. The lowest BCUT2D eigenvalue weighted by atomic mass is 9.92. The number of hydrogen-bond donors (Lipinski definition) is 1. The molecule has 1 aromatic heterocycles. The van der Waals surface area contributed by atoms with Crippen molar-refractivity contribution in [3.8, 4) is 0 Å². The lowest BCUT2D eigenvalue weighted by Gasteiger charge is -2.14. The predicted octanol–water partition coefficient (Wildman–Crippen LogP) is 3.23. The Bertz CT molecular complexity index is 470. The van der Waals surface area contributed by atoms with Gasteiger partial charge in [-0.15, -0.1) is 0 Å². The van der Waals surface area contributed by atoms with Crippen molar-refractivity contribution in [3.05, 3.63) is 52.1 Å². The molecule has 0 amide bonds. The van der Waals surface area contributed by atoms with Gasteiger partial charge < -0.3 is 4.98 Å². The van der Waals surface area contributed by atoms with E-state index in [4.69, 9.17) is 0 Å². The molecule has 2 heteroatoms. The Kier molecular flexibility index (Phi) is 2.82. The van der Waals surface area contributed by atoms with Crippen LogP contribution in [0.2, 0.25) is 0 Å². The van der Waals surface area contributed by atoms with Crippen molar-refractivity contribution in [1.29, 1.82) is 0 Å². The highest BCUT2D eigenvalue weighted by Crippen LogP contribution is 2.23. The van der Waals surface area contributed by atoms with Crippen molar-refractivity contribution in [2.75, 3.05) is 0 Å². The summed E-state index contributed by atoms with van der Waals surface area (Å²) in [5.41, 5.74) is 6.92. The monoisotopic (exact) mass is 214 g/mol. The fraction of sp³-hybridized carbons (Fsp3) is 0.357. The van der Waals surface area contributed by atoms with Gasteiger partial charge >= 0.3 is 0 Å². The van der Waals surface area contributed by atoms with E-state index >= 15 is 0 Å². The Balaban J connectivity index is 2.47. The minimum Gasteiger partial charge on any atom is -0.348 e. The van der Waals surface area contributed by atoms with Gasteiger partial charge in [-0.25, -0.2) is 4.98 Å². The number of H-pyrrole nitrogens is 1. The Morgan fingerprint density at radius 3 is 2.19 bits per heavy atom. The number of imidazole rings is 1. The highest BCUT2D eigenvalue weighted by Gasteiger charge is 2.09. The zero-order chi connectivity index (χ0) is 11.7. The average Bonchev–Trinajstić information content (AvgIpc) is 2.74. The first-order valence-corrected chi connectivity index (χ1v) is 5.64. The third-order valence-corrected chi connectivity index (χ3v) is 3.42. The van der Waals surface area contributed by atoms with E-state index in [1.807, 2.05) is 12.4 Å². The number of aromatic amines is 1. The van der Waals surface area contributed by atoms with Crippen molar-refractivity contribution in [2.45, 2.75) is 34.1 Å². The van der Waals surface area contributed by atoms with E-state index in [0.29, 0.717) is 0 Å². The average molecular weight is 214 g/mol. The molecule has 0 atom stereocenters. The number of rotatable bonds is 2. The van der Waals surface area contributed by atoms with Crippen LogP contribution in [0.1, 0.15) is 33.6 Å². The van der Waals surface area contributed by atoms with E-state index < -0.39 is 0 Å². The van der Waals surface area contributed by atoms with Crippen LogP contribution < -0.4 is 0 Å². The van der Waals surface area contributed by atoms with E-state index in [-0.39, 0.29) is 0 Å². The Morgan fingerprint density at radius 2 is 1.69 bits per heavy atom. The molecule has 0 aliphatic carbocycles. The summed E-state index contributed by atoms with van der Waals surface area (Å²) in [6, 6.07) is 2.26. The highest BCUT2D eigenvalue weighted by atomic mass is 14.9. The molecule has 0 spiro atoms. The molecule has 0 aliphatic heterocycles. The smallest absolute Gasteiger partial charge is 0.110 e. The van der Waals surface area contributed by atoms with E-state index in [9.17, 15) is 0 Å². The fourth-order valence-electron chi connectivity index (χ4n) is 2.13. The van der Waals surface area contributed by atoms with Gasteiger partial charge in [-0.05, 0) is 55.5 Å². The van der Waals surface area contributed by atoms with Gasteiger partial charge in [-0.1, -0.05) is 6.07 Å². The standard InChI is InChI=1S/C14H18N2/c1-9-7-10(2)12(4)13(11(9)3)8-14-15-5-6-16-14/h5-7H,8H2,1-4H3,(H,15,16). The van der Waals surface area contributed by atoms with Gasteiger partial charge in [0.2, 0.25) is 0 Å². The Labute approximate surface area is 96.7 Å². The largest absolute Gasteiger partial charge is 0.348 e. The Hall–Kier alpha value is -1.57. The molecule has 2 nitrogen and oxygen atoms in total. The maximum atomic E-state index is 4.30. The summed E-state index contributed by atoms with van der Waals surface area (Å²) in [5, 5.41) is 0. The normalized spacial score (nSPS) is 10.8. The summed E-state index contributed by atoms with van der Waals surface area (Å²) in [6.45, 7) is 8.74. The minimum absolute atomic E-state index is 0.896. The van der Waals surface area contributed by atoms with Crippen LogP contribution in [0.3, 0.4) is 0 Å². The van der Waals surface area contributed by atoms with Gasteiger partial charge in [-0.2, -0.15) is 0 Å². The van der Waals surface area contributed by atoms with Crippen LogP contribution in [0.4, 0.5) is 0 Å². The lowest BCUT2D eigenvalue weighted by Crippen LogP contribution is -2.01. The van der Waals surface area contributed by atoms with Crippen molar-refractivity contribution < 1.29 is 0 Å². The van der Waals surface area contributed by atoms with Gasteiger partial charge in [0.15, 0.2) is 0 Å². The molecule has 16 heavy (non-hydrogen) atoms. The minimum atomic E-state index is 0.896. The Morgan fingerprint density at radius 1 is 1.06 bits per heavy atom. The molecule has 0 bridgehead atoms. The maximum absolute atomic E-state index is 4.30. The SMILES string of the molecule is Cc1cc(C)c(C)c(Cc2ncc[nH]2)c1C. The second-order valence-corrected chi connectivity index (χ2v) is 4.45. The van der Waals surface area contributed by atoms with Crippen LogP contribution in [0.25, 0.3) is 0 Å². The molecular weight excluding hydrogens is 196 g/mol. The van der Waals surface area contributed by atoms with Crippen LogP contribution >= 0.6 is 0 Å². The van der Waals surface area contributed by atoms with Crippen LogP contribution in [-0.2, 0) is 6.42 Å². The van der Waals surface area contributed by atoms with E-state index in [2.05, 4.69) is 43.7 Å². The van der Waals surface area contributed by atoms with Crippen LogP contribution in [0.15, 0.2) is 18.5 Å². The summed E-state index contributed by atoms with van der Waals surface area (Å²) in [6.07, 6.45) is 4.58. The summed E-state index contributed by atoms with van der Waals surface area (Å²) < 4.78 is 0. The second-order valence-electron chi connectivity index (χ2n) is 4.45. The summed E-state index contributed by atoms with van der Waals surface area (Å²) in [7, 11) is 0. The molecule has 2 rings (SSSR count). The fourth-order valence-corrected chi connectivity index (χ4v) is 2.13. The van der Waals surface area contributed by atoms with Crippen molar-refractivity contribution in [3.63, 3.8) is 0 Å². The van der Waals surface area contributed by atoms with Crippen molar-refractivity contribution >= 4 is 0 Å². The molecule has 0 aliphatic rings. The molecule has 0 saturated heterocycles. The molecule has 2 aromatic rings. The van der Waals surface area contributed by atoms with Gasteiger partial charge in [0.1, 0.15) is 5.82 Å².